The molecule has 4 heteroatoms. The van der Waals surface area contributed by atoms with E-state index in [-0.39, 0.29) is 6.10 Å². The van der Waals surface area contributed by atoms with Crippen molar-refractivity contribution in [3.63, 3.8) is 0 Å². The first-order chi connectivity index (χ1) is 10.2. The fourth-order valence-corrected chi connectivity index (χ4v) is 2.59. The number of hydrogen-bond donors (Lipinski definition) is 0. The molecule has 0 spiro atoms. The topological polar surface area (TPSA) is 35.0 Å². The second-order valence-corrected chi connectivity index (χ2v) is 5.74. The number of benzene rings is 1. The number of rotatable bonds is 4. The van der Waals surface area contributed by atoms with E-state index in [1.807, 2.05) is 50.3 Å². The minimum Gasteiger partial charge on any atom is -0.473 e. The SMILES string of the molecule is CC(C)Oc1nc2ccccc2nc1C=Cc1ccsc1. The first-order valence-electron chi connectivity index (χ1n) is 6.86. The average Bonchev–Trinajstić information content (AvgIpc) is 2.97. The van der Waals surface area contributed by atoms with Crippen LogP contribution in [0.4, 0.5) is 0 Å². The van der Waals surface area contributed by atoms with Crippen molar-refractivity contribution in [1.29, 1.82) is 0 Å². The monoisotopic (exact) mass is 296 g/mol. The number of fused-ring (bicyclic) bond motifs is 1. The van der Waals surface area contributed by atoms with Gasteiger partial charge in [-0.15, -0.1) is 0 Å². The van der Waals surface area contributed by atoms with Gasteiger partial charge in [0, 0.05) is 0 Å². The molecule has 0 fully saturated rings. The van der Waals surface area contributed by atoms with E-state index in [0.717, 1.165) is 22.3 Å². The summed E-state index contributed by atoms with van der Waals surface area (Å²) in [4.78, 5) is 9.24. The third-order valence-electron chi connectivity index (χ3n) is 2.89. The zero-order chi connectivity index (χ0) is 14.7. The number of thiophene rings is 1. The molecular weight excluding hydrogens is 280 g/mol. The summed E-state index contributed by atoms with van der Waals surface area (Å²) >= 11 is 1.67. The highest BCUT2D eigenvalue weighted by Crippen LogP contribution is 2.22. The molecule has 2 aromatic heterocycles. The fourth-order valence-electron chi connectivity index (χ4n) is 1.96. The zero-order valence-electron chi connectivity index (χ0n) is 12.0. The van der Waals surface area contributed by atoms with Crippen molar-refractivity contribution in [2.75, 3.05) is 0 Å². The number of para-hydroxylation sites is 2. The lowest BCUT2D eigenvalue weighted by molar-refractivity contribution is 0.232. The quantitative estimate of drug-likeness (QED) is 0.703. The number of aromatic nitrogens is 2. The molecule has 2 heterocycles. The predicted molar refractivity (Wildman–Crippen MR) is 88.5 cm³/mol. The smallest absolute Gasteiger partial charge is 0.240 e. The Bertz CT molecular complexity index is 764. The van der Waals surface area contributed by atoms with Crippen LogP contribution in [0.3, 0.4) is 0 Å². The maximum Gasteiger partial charge on any atom is 0.240 e. The van der Waals surface area contributed by atoms with Gasteiger partial charge in [0.1, 0.15) is 5.69 Å². The van der Waals surface area contributed by atoms with E-state index in [9.17, 15) is 0 Å². The predicted octanol–water partition coefficient (Wildman–Crippen LogP) is 4.65. The number of ether oxygens (including phenoxy) is 1. The van der Waals surface area contributed by atoms with Crippen LogP contribution in [0.2, 0.25) is 0 Å². The Kier molecular flexibility index (Phi) is 3.97. The van der Waals surface area contributed by atoms with Gasteiger partial charge in [-0.2, -0.15) is 11.3 Å². The number of hydrogen-bond acceptors (Lipinski definition) is 4. The molecule has 0 aliphatic rings. The van der Waals surface area contributed by atoms with E-state index in [1.54, 1.807) is 11.3 Å². The molecule has 1 aromatic carbocycles. The van der Waals surface area contributed by atoms with E-state index in [4.69, 9.17) is 4.74 Å². The van der Waals surface area contributed by atoms with Crippen LogP contribution in [0, 0.1) is 0 Å². The van der Waals surface area contributed by atoms with Gasteiger partial charge >= 0.3 is 0 Å². The molecule has 21 heavy (non-hydrogen) atoms. The summed E-state index contributed by atoms with van der Waals surface area (Å²) in [6, 6.07) is 9.90. The molecule has 3 nitrogen and oxygen atoms in total. The Balaban J connectivity index is 2.05. The summed E-state index contributed by atoms with van der Waals surface area (Å²) in [6.45, 7) is 3.98. The Morgan fingerprint density at radius 2 is 1.81 bits per heavy atom. The summed E-state index contributed by atoms with van der Waals surface area (Å²) in [5, 5.41) is 4.14. The third-order valence-corrected chi connectivity index (χ3v) is 3.59. The standard InChI is InChI=1S/C17H16N2OS/c1-12(2)20-17-16(8-7-13-9-10-21-11-13)18-14-5-3-4-6-15(14)19-17/h3-12H,1-2H3. The van der Waals surface area contributed by atoms with Crippen LogP contribution < -0.4 is 4.74 Å². The van der Waals surface area contributed by atoms with Crippen molar-refractivity contribution >= 4 is 34.5 Å². The van der Waals surface area contributed by atoms with Gasteiger partial charge < -0.3 is 4.74 Å². The second kappa shape index (κ2) is 6.06. The largest absolute Gasteiger partial charge is 0.473 e. The highest BCUT2D eigenvalue weighted by atomic mass is 32.1. The normalized spacial score (nSPS) is 11.6. The first-order valence-corrected chi connectivity index (χ1v) is 7.80. The highest BCUT2D eigenvalue weighted by Gasteiger charge is 2.09. The third kappa shape index (κ3) is 3.28. The molecule has 3 rings (SSSR count). The number of nitrogens with zero attached hydrogens (tertiary/aromatic N) is 2. The van der Waals surface area contributed by atoms with Gasteiger partial charge in [0.25, 0.3) is 0 Å². The molecule has 0 unspecified atom stereocenters. The lowest BCUT2D eigenvalue weighted by Gasteiger charge is -2.11. The van der Waals surface area contributed by atoms with Crippen molar-refractivity contribution in [2.24, 2.45) is 0 Å². The van der Waals surface area contributed by atoms with E-state index in [2.05, 4.69) is 26.8 Å². The van der Waals surface area contributed by atoms with Gasteiger partial charge in [0.2, 0.25) is 5.88 Å². The molecule has 0 N–H and O–H groups in total. The van der Waals surface area contributed by atoms with E-state index in [0.29, 0.717) is 5.88 Å². The van der Waals surface area contributed by atoms with Crippen LogP contribution in [0.1, 0.15) is 25.1 Å². The van der Waals surface area contributed by atoms with Crippen LogP contribution in [0.25, 0.3) is 23.2 Å². The van der Waals surface area contributed by atoms with Crippen LogP contribution in [-0.2, 0) is 0 Å². The van der Waals surface area contributed by atoms with E-state index >= 15 is 0 Å². The molecule has 0 atom stereocenters. The van der Waals surface area contributed by atoms with E-state index in [1.165, 1.54) is 0 Å². The van der Waals surface area contributed by atoms with Crippen molar-refractivity contribution < 1.29 is 4.74 Å². The Morgan fingerprint density at radius 1 is 1.05 bits per heavy atom. The molecule has 0 saturated carbocycles. The van der Waals surface area contributed by atoms with Crippen molar-refractivity contribution in [3.05, 3.63) is 52.3 Å². The Hall–Kier alpha value is -2.20. The summed E-state index contributed by atoms with van der Waals surface area (Å²) in [5.74, 6) is 0.579. The van der Waals surface area contributed by atoms with Crippen molar-refractivity contribution in [1.82, 2.24) is 9.97 Å². The van der Waals surface area contributed by atoms with Crippen molar-refractivity contribution in [2.45, 2.75) is 20.0 Å². The zero-order valence-corrected chi connectivity index (χ0v) is 12.8. The maximum atomic E-state index is 5.80. The van der Waals surface area contributed by atoms with Crippen LogP contribution in [0.15, 0.2) is 41.1 Å². The van der Waals surface area contributed by atoms with Gasteiger partial charge in [0.05, 0.1) is 17.1 Å². The molecule has 0 amide bonds. The van der Waals surface area contributed by atoms with Gasteiger partial charge in [-0.3, -0.25) is 0 Å². The minimum absolute atomic E-state index is 0.0637. The first kappa shape index (κ1) is 13.8. The molecule has 0 aliphatic carbocycles. The Labute approximate surface area is 127 Å². The fraction of sp³-hybridized carbons (Fsp3) is 0.176. The summed E-state index contributed by atoms with van der Waals surface area (Å²) in [5.41, 5.74) is 3.64. The molecule has 0 bridgehead atoms. The average molecular weight is 296 g/mol. The van der Waals surface area contributed by atoms with Gasteiger partial charge in [-0.25, -0.2) is 9.97 Å². The lowest BCUT2D eigenvalue weighted by Crippen LogP contribution is -2.09. The van der Waals surface area contributed by atoms with Crippen LogP contribution in [0.5, 0.6) is 5.88 Å². The molecule has 106 valence electrons. The van der Waals surface area contributed by atoms with Gasteiger partial charge in [-0.05, 0) is 54.4 Å². The molecule has 0 aliphatic heterocycles. The molecule has 0 saturated heterocycles. The second-order valence-electron chi connectivity index (χ2n) is 4.96. The minimum atomic E-state index is 0.0637. The van der Waals surface area contributed by atoms with Gasteiger partial charge in [0.15, 0.2) is 0 Å². The molecule has 0 radical (unpaired) electrons. The highest BCUT2D eigenvalue weighted by molar-refractivity contribution is 7.08. The van der Waals surface area contributed by atoms with E-state index < -0.39 is 0 Å². The molecular formula is C17H16N2OS. The van der Waals surface area contributed by atoms with Crippen molar-refractivity contribution in [3.8, 4) is 5.88 Å². The summed E-state index contributed by atoms with van der Waals surface area (Å²) in [6.07, 6.45) is 4.05. The lowest BCUT2D eigenvalue weighted by atomic mass is 10.2. The Morgan fingerprint density at radius 3 is 2.48 bits per heavy atom. The van der Waals surface area contributed by atoms with Crippen LogP contribution >= 0.6 is 11.3 Å². The summed E-state index contributed by atoms with van der Waals surface area (Å²) in [7, 11) is 0. The maximum absolute atomic E-state index is 5.80. The van der Waals surface area contributed by atoms with Gasteiger partial charge in [-0.1, -0.05) is 18.2 Å². The molecule has 3 aromatic rings. The summed E-state index contributed by atoms with van der Waals surface area (Å²) < 4.78 is 5.80. The van der Waals surface area contributed by atoms with Crippen LogP contribution in [-0.4, -0.2) is 16.1 Å².